The van der Waals surface area contributed by atoms with Crippen molar-refractivity contribution in [1.29, 1.82) is 0 Å². The van der Waals surface area contributed by atoms with Crippen LogP contribution in [-0.2, 0) is 4.74 Å². The maximum absolute atomic E-state index is 9.42. The van der Waals surface area contributed by atoms with Crippen LogP contribution in [0.1, 0.15) is 20.3 Å². The molecule has 0 bridgehead atoms. The maximum Gasteiger partial charge on any atom is 0.0662 e. The summed E-state index contributed by atoms with van der Waals surface area (Å²) in [6.07, 6.45) is 0.606. The first kappa shape index (κ1) is 12.9. The summed E-state index contributed by atoms with van der Waals surface area (Å²) in [5.74, 6) is 0. The molecule has 1 aliphatic heterocycles. The van der Waals surface area contributed by atoms with Gasteiger partial charge >= 0.3 is 0 Å². The molecule has 0 aromatic rings. The summed E-state index contributed by atoms with van der Waals surface area (Å²) in [7, 11) is 0. The highest BCUT2D eigenvalue weighted by Gasteiger charge is 2.13. The Balaban J connectivity index is 2.08. The predicted octanol–water partition coefficient (Wildman–Crippen LogP) is 0.0676. The first-order chi connectivity index (χ1) is 7.22. The van der Waals surface area contributed by atoms with Gasteiger partial charge < -0.3 is 15.2 Å². The van der Waals surface area contributed by atoms with Crippen LogP contribution in [0.3, 0.4) is 0 Å². The van der Waals surface area contributed by atoms with E-state index in [-0.39, 0.29) is 6.10 Å². The highest BCUT2D eigenvalue weighted by atomic mass is 16.5. The SMILES string of the molecule is CCC(O)CNC(C)CN1CCOCC1. The average Bonchev–Trinajstić information content (AvgIpc) is 2.27. The van der Waals surface area contributed by atoms with Crippen LogP contribution in [0.15, 0.2) is 0 Å². The lowest BCUT2D eigenvalue weighted by atomic mass is 10.2. The van der Waals surface area contributed by atoms with Crippen LogP contribution in [0.4, 0.5) is 0 Å². The Morgan fingerprint density at radius 2 is 2.07 bits per heavy atom. The van der Waals surface area contributed by atoms with Crippen molar-refractivity contribution in [2.24, 2.45) is 0 Å². The van der Waals surface area contributed by atoms with E-state index >= 15 is 0 Å². The highest BCUT2D eigenvalue weighted by molar-refractivity contribution is 4.71. The van der Waals surface area contributed by atoms with Crippen LogP contribution in [0.25, 0.3) is 0 Å². The Labute approximate surface area is 92.6 Å². The summed E-state index contributed by atoms with van der Waals surface area (Å²) in [6.45, 7) is 9.66. The van der Waals surface area contributed by atoms with Crippen molar-refractivity contribution >= 4 is 0 Å². The van der Waals surface area contributed by atoms with E-state index in [0.717, 1.165) is 39.3 Å². The minimum atomic E-state index is -0.211. The molecule has 1 aliphatic rings. The Hall–Kier alpha value is -0.160. The fourth-order valence-electron chi connectivity index (χ4n) is 1.72. The summed E-state index contributed by atoms with van der Waals surface area (Å²) in [5.41, 5.74) is 0. The van der Waals surface area contributed by atoms with E-state index in [9.17, 15) is 5.11 Å². The van der Waals surface area contributed by atoms with Gasteiger partial charge in [0.2, 0.25) is 0 Å². The van der Waals surface area contributed by atoms with E-state index in [0.29, 0.717) is 12.6 Å². The van der Waals surface area contributed by atoms with E-state index in [1.165, 1.54) is 0 Å². The lowest BCUT2D eigenvalue weighted by molar-refractivity contribution is 0.0336. The summed E-state index contributed by atoms with van der Waals surface area (Å²) >= 11 is 0. The molecule has 15 heavy (non-hydrogen) atoms. The third-order valence-electron chi connectivity index (χ3n) is 2.81. The van der Waals surface area contributed by atoms with Crippen LogP contribution in [0.5, 0.6) is 0 Å². The van der Waals surface area contributed by atoms with Crippen molar-refractivity contribution in [2.75, 3.05) is 39.4 Å². The molecule has 0 radical (unpaired) electrons. The summed E-state index contributed by atoms with van der Waals surface area (Å²) in [6, 6.07) is 0.435. The molecule has 90 valence electrons. The zero-order valence-corrected chi connectivity index (χ0v) is 9.91. The molecule has 1 heterocycles. The van der Waals surface area contributed by atoms with E-state index in [1.807, 2.05) is 6.92 Å². The van der Waals surface area contributed by atoms with Gasteiger partial charge in [0, 0.05) is 32.2 Å². The van der Waals surface area contributed by atoms with E-state index in [4.69, 9.17) is 4.74 Å². The van der Waals surface area contributed by atoms with Gasteiger partial charge in [-0.1, -0.05) is 6.92 Å². The molecule has 0 aromatic heterocycles. The van der Waals surface area contributed by atoms with Gasteiger partial charge in [-0.05, 0) is 13.3 Å². The van der Waals surface area contributed by atoms with Crippen LogP contribution in [0, 0.1) is 0 Å². The average molecular weight is 216 g/mol. The van der Waals surface area contributed by atoms with Gasteiger partial charge in [0.05, 0.1) is 19.3 Å². The monoisotopic (exact) mass is 216 g/mol. The minimum absolute atomic E-state index is 0.211. The zero-order chi connectivity index (χ0) is 11.1. The van der Waals surface area contributed by atoms with Gasteiger partial charge in [-0.2, -0.15) is 0 Å². The van der Waals surface area contributed by atoms with Gasteiger partial charge in [-0.3, -0.25) is 4.90 Å². The van der Waals surface area contributed by atoms with Crippen molar-refractivity contribution in [3.63, 3.8) is 0 Å². The molecule has 2 atom stereocenters. The topological polar surface area (TPSA) is 44.7 Å². The van der Waals surface area contributed by atoms with E-state index < -0.39 is 0 Å². The Kier molecular flexibility index (Phi) is 6.17. The smallest absolute Gasteiger partial charge is 0.0662 e. The van der Waals surface area contributed by atoms with Crippen LogP contribution >= 0.6 is 0 Å². The second-order valence-corrected chi connectivity index (χ2v) is 4.28. The number of hydrogen-bond donors (Lipinski definition) is 2. The van der Waals surface area contributed by atoms with Crippen molar-refractivity contribution in [1.82, 2.24) is 10.2 Å². The Morgan fingerprint density at radius 3 is 2.67 bits per heavy atom. The van der Waals surface area contributed by atoms with Gasteiger partial charge in [0.25, 0.3) is 0 Å². The number of aliphatic hydroxyl groups excluding tert-OH is 1. The molecule has 4 nitrogen and oxygen atoms in total. The fraction of sp³-hybridized carbons (Fsp3) is 1.00. The van der Waals surface area contributed by atoms with E-state index in [1.54, 1.807) is 0 Å². The molecule has 2 unspecified atom stereocenters. The lowest BCUT2D eigenvalue weighted by Crippen LogP contribution is -2.45. The molecule has 4 heteroatoms. The normalized spacial score (nSPS) is 22.6. The minimum Gasteiger partial charge on any atom is -0.392 e. The number of aliphatic hydroxyl groups is 1. The van der Waals surface area contributed by atoms with Crippen LogP contribution in [-0.4, -0.2) is 61.5 Å². The number of rotatable bonds is 6. The summed E-state index contributed by atoms with van der Waals surface area (Å²) in [5, 5.41) is 12.8. The molecule has 1 fully saturated rings. The van der Waals surface area contributed by atoms with Gasteiger partial charge in [-0.15, -0.1) is 0 Å². The largest absolute Gasteiger partial charge is 0.392 e. The third-order valence-corrected chi connectivity index (χ3v) is 2.81. The Bertz CT molecular complexity index is 161. The third kappa shape index (κ3) is 5.47. The molecule has 0 aromatic carbocycles. The van der Waals surface area contributed by atoms with Gasteiger partial charge in [0.15, 0.2) is 0 Å². The molecule has 0 amide bonds. The van der Waals surface area contributed by atoms with Crippen molar-refractivity contribution in [3.05, 3.63) is 0 Å². The van der Waals surface area contributed by atoms with Gasteiger partial charge in [-0.25, -0.2) is 0 Å². The molecule has 2 N–H and O–H groups in total. The lowest BCUT2D eigenvalue weighted by Gasteiger charge is -2.29. The molecule has 1 saturated heterocycles. The van der Waals surface area contributed by atoms with Crippen LogP contribution in [0.2, 0.25) is 0 Å². The standard InChI is InChI=1S/C11H24N2O2/c1-3-11(14)8-12-10(2)9-13-4-6-15-7-5-13/h10-12,14H,3-9H2,1-2H3. The summed E-state index contributed by atoms with van der Waals surface area (Å²) < 4.78 is 5.29. The molecule has 0 saturated carbocycles. The molecule has 0 spiro atoms. The predicted molar refractivity (Wildman–Crippen MR) is 61.0 cm³/mol. The maximum atomic E-state index is 9.42. The zero-order valence-electron chi connectivity index (χ0n) is 9.91. The quantitative estimate of drug-likeness (QED) is 0.659. The number of nitrogens with zero attached hydrogens (tertiary/aromatic N) is 1. The first-order valence-corrected chi connectivity index (χ1v) is 5.94. The van der Waals surface area contributed by atoms with Gasteiger partial charge in [0.1, 0.15) is 0 Å². The van der Waals surface area contributed by atoms with Crippen molar-refractivity contribution in [2.45, 2.75) is 32.4 Å². The summed E-state index contributed by atoms with van der Waals surface area (Å²) in [4.78, 5) is 2.40. The number of morpholine rings is 1. The molecular formula is C11H24N2O2. The number of nitrogens with one attached hydrogen (secondary N) is 1. The molecule has 1 rings (SSSR count). The van der Waals surface area contributed by atoms with E-state index in [2.05, 4.69) is 17.1 Å². The Morgan fingerprint density at radius 1 is 1.40 bits per heavy atom. The van der Waals surface area contributed by atoms with Crippen LogP contribution < -0.4 is 5.32 Å². The fourth-order valence-corrected chi connectivity index (χ4v) is 1.72. The second-order valence-electron chi connectivity index (χ2n) is 4.28. The first-order valence-electron chi connectivity index (χ1n) is 5.94. The van der Waals surface area contributed by atoms with Crippen molar-refractivity contribution < 1.29 is 9.84 Å². The number of ether oxygens (including phenoxy) is 1. The highest BCUT2D eigenvalue weighted by Crippen LogP contribution is 1.98. The second kappa shape index (κ2) is 7.17. The molecule has 0 aliphatic carbocycles. The number of hydrogen-bond acceptors (Lipinski definition) is 4. The van der Waals surface area contributed by atoms with Crippen molar-refractivity contribution in [3.8, 4) is 0 Å². The molecular weight excluding hydrogens is 192 g/mol.